The molecule has 1 rings (SSSR count). The Morgan fingerprint density at radius 1 is 1.11 bits per heavy atom. The van der Waals surface area contributed by atoms with Gasteiger partial charge in [-0.3, -0.25) is 0 Å². The van der Waals surface area contributed by atoms with Crippen molar-refractivity contribution in [1.82, 2.24) is 0 Å². The second kappa shape index (κ2) is 8.98. The number of anilines is 1. The second-order valence-electron chi connectivity index (χ2n) is 4.86. The summed E-state index contributed by atoms with van der Waals surface area (Å²) in [6, 6.07) is 9.15. The Labute approximate surface area is 112 Å². The summed E-state index contributed by atoms with van der Waals surface area (Å²) in [4.78, 5) is 0. The fourth-order valence-electron chi connectivity index (χ4n) is 1.97. The Morgan fingerprint density at radius 3 is 2.44 bits per heavy atom. The van der Waals surface area contributed by atoms with Gasteiger partial charge in [-0.25, -0.2) is 0 Å². The summed E-state index contributed by atoms with van der Waals surface area (Å²) in [5.41, 5.74) is 2.62. The lowest BCUT2D eigenvalue weighted by Gasteiger charge is -2.15. The van der Waals surface area contributed by atoms with E-state index < -0.39 is 0 Å². The van der Waals surface area contributed by atoms with Crippen molar-refractivity contribution in [3.8, 4) is 0 Å². The van der Waals surface area contributed by atoms with E-state index in [0.717, 1.165) is 13.2 Å². The molecular weight excluding hydrogens is 222 g/mol. The molecule has 0 amide bonds. The van der Waals surface area contributed by atoms with Crippen LogP contribution in [-0.2, 0) is 11.2 Å². The maximum atomic E-state index is 5.39. The molecule has 1 N–H and O–H groups in total. The molecule has 0 aromatic heterocycles. The molecule has 0 heterocycles. The molecule has 18 heavy (non-hydrogen) atoms. The lowest BCUT2D eigenvalue weighted by Crippen LogP contribution is -2.21. The molecular formula is C16H27NO. The van der Waals surface area contributed by atoms with Gasteiger partial charge in [-0.1, -0.05) is 31.9 Å². The highest BCUT2D eigenvalue weighted by atomic mass is 16.5. The minimum atomic E-state index is 0.357. The number of hydrogen-bond acceptors (Lipinski definition) is 2. The van der Waals surface area contributed by atoms with Crippen LogP contribution in [0.5, 0.6) is 0 Å². The number of rotatable bonds is 9. The smallest absolute Gasteiger partial charge is 0.0664 e. The van der Waals surface area contributed by atoms with Crippen LogP contribution in [0.4, 0.5) is 5.69 Å². The fraction of sp³-hybridized carbons (Fsp3) is 0.625. The van der Waals surface area contributed by atoms with Gasteiger partial charge in [0.1, 0.15) is 0 Å². The molecule has 0 fully saturated rings. The van der Waals surface area contributed by atoms with E-state index >= 15 is 0 Å². The van der Waals surface area contributed by atoms with Crippen LogP contribution in [-0.4, -0.2) is 19.3 Å². The van der Waals surface area contributed by atoms with Crippen molar-refractivity contribution in [2.24, 2.45) is 0 Å². The van der Waals surface area contributed by atoms with Gasteiger partial charge in [0.15, 0.2) is 0 Å². The minimum Gasteiger partial charge on any atom is -0.380 e. The van der Waals surface area contributed by atoms with Crippen molar-refractivity contribution in [2.45, 2.75) is 52.5 Å². The molecule has 0 saturated heterocycles. The lowest BCUT2D eigenvalue weighted by molar-refractivity contribution is 0.141. The second-order valence-corrected chi connectivity index (χ2v) is 4.86. The molecule has 0 aliphatic heterocycles. The Hall–Kier alpha value is -1.02. The van der Waals surface area contributed by atoms with E-state index in [4.69, 9.17) is 4.74 Å². The third-order valence-electron chi connectivity index (χ3n) is 3.01. The van der Waals surface area contributed by atoms with Gasteiger partial charge in [-0.15, -0.1) is 0 Å². The summed E-state index contributed by atoms with van der Waals surface area (Å²) in [6.07, 6.45) is 5.10. The van der Waals surface area contributed by atoms with E-state index in [1.165, 1.54) is 36.9 Å². The molecule has 1 unspecified atom stereocenters. The maximum Gasteiger partial charge on any atom is 0.0664 e. The van der Waals surface area contributed by atoms with E-state index in [9.17, 15) is 0 Å². The van der Waals surface area contributed by atoms with E-state index in [-0.39, 0.29) is 0 Å². The number of hydrogen-bond donors (Lipinski definition) is 1. The van der Waals surface area contributed by atoms with Crippen LogP contribution in [0, 0.1) is 0 Å². The van der Waals surface area contributed by atoms with Gasteiger partial charge in [-0.05, 0) is 44.4 Å². The predicted molar refractivity (Wildman–Crippen MR) is 79.2 cm³/mol. The molecule has 1 atom stereocenters. The normalized spacial score (nSPS) is 12.4. The van der Waals surface area contributed by atoms with Gasteiger partial charge in [0.2, 0.25) is 0 Å². The first-order valence-corrected chi connectivity index (χ1v) is 7.19. The molecule has 0 bridgehead atoms. The third kappa shape index (κ3) is 6.06. The van der Waals surface area contributed by atoms with E-state index in [1.807, 2.05) is 6.92 Å². The summed E-state index contributed by atoms with van der Waals surface area (Å²) >= 11 is 0. The Kier molecular flexibility index (Phi) is 7.51. The molecule has 0 radical (unpaired) electrons. The topological polar surface area (TPSA) is 21.3 Å². The molecule has 102 valence electrons. The summed E-state index contributed by atoms with van der Waals surface area (Å²) in [5.74, 6) is 0. The SMILES string of the molecule is CCCCCc1ccc(NC(C)COCC)cc1. The summed E-state index contributed by atoms with van der Waals surface area (Å²) < 4.78 is 5.39. The average molecular weight is 249 g/mol. The number of unbranched alkanes of at least 4 members (excludes halogenated alkanes) is 2. The quantitative estimate of drug-likeness (QED) is 0.660. The van der Waals surface area contributed by atoms with E-state index in [2.05, 4.69) is 43.4 Å². The van der Waals surface area contributed by atoms with Crippen molar-refractivity contribution < 1.29 is 4.74 Å². The van der Waals surface area contributed by atoms with E-state index in [1.54, 1.807) is 0 Å². The summed E-state index contributed by atoms with van der Waals surface area (Å²) in [7, 11) is 0. The Bertz CT molecular complexity index is 307. The van der Waals surface area contributed by atoms with Crippen LogP contribution in [0.25, 0.3) is 0 Å². The average Bonchev–Trinajstić information content (AvgIpc) is 2.39. The van der Waals surface area contributed by atoms with Crippen LogP contribution < -0.4 is 5.32 Å². The third-order valence-corrected chi connectivity index (χ3v) is 3.01. The predicted octanol–water partition coefficient (Wildman–Crippen LogP) is 4.26. The molecule has 2 heteroatoms. The molecule has 2 nitrogen and oxygen atoms in total. The highest BCUT2D eigenvalue weighted by molar-refractivity contribution is 5.45. The van der Waals surface area contributed by atoms with Crippen LogP contribution in [0.3, 0.4) is 0 Å². The summed E-state index contributed by atoms with van der Waals surface area (Å²) in [5, 5.41) is 3.45. The largest absolute Gasteiger partial charge is 0.380 e. The van der Waals surface area contributed by atoms with Crippen LogP contribution in [0.2, 0.25) is 0 Å². The zero-order valence-corrected chi connectivity index (χ0v) is 12.0. The first-order chi connectivity index (χ1) is 8.76. The highest BCUT2D eigenvalue weighted by Crippen LogP contribution is 2.13. The number of benzene rings is 1. The zero-order valence-electron chi connectivity index (χ0n) is 12.0. The molecule has 0 spiro atoms. The van der Waals surface area contributed by atoms with E-state index in [0.29, 0.717) is 6.04 Å². The molecule has 0 aliphatic carbocycles. The van der Waals surface area contributed by atoms with Crippen molar-refractivity contribution in [3.05, 3.63) is 29.8 Å². The number of ether oxygens (including phenoxy) is 1. The number of nitrogens with one attached hydrogen (secondary N) is 1. The fourth-order valence-corrected chi connectivity index (χ4v) is 1.97. The van der Waals surface area contributed by atoms with Crippen LogP contribution in [0.1, 0.15) is 45.6 Å². The first kappa shape index (κ1) is 15.0. The van der Waals surface area contributed by atoms with Crippen molar-refractivity contribution in [2.75, 3.05) is 18.5 Å². The standard InChI is InChI=1S/C16H27NO/c1-4-6-7-8-15-9-11-16(12-10-15)17-14(3)13-18-5-2/h9-12,14,17H,4-8,13H2,1-3H3. The monoisotopic (exact) mass is 249 g/mol. The Morgan fingerprint density at radius 2 is 1.83 bits per heavy atom. The van der Waals surface area contributed by atoms with Gasteiger partial charge < -0.3 is 10.1 Å². The van der Waals surface area contributed by atoms with Gasteiger partial charge in [0, 0.05) is 18.3 Å². The molecule has 0 saturated carbocycles. The van der Waals surface area contributed by atoms with Crippen LogP contribution >= 0.6 is 0 Å². The minimum absolute atomic E-state index is 0.357. The molecule has 1 aromatic carbocycles. The van der Waals surface area contributed by atoms with Gasteiger partial charge >= 0.3 is 0 Å². The Balaban J connectivity index is 2.35. The van der Waals surface area contributed by atoms with Crippen molar-refractivity contribution in [1.29, 1.82) is 0 Å². The molecule has 1 aromatic rings. The number of aryl methyl sites for hydroxylation is 1. The molecule has 0 aliphatic rings. The highest BCUT2D eigenvalue weighted by Gasteiger charge is 2.01. The van der Waals surface area contributed by atoms with Gasteiger partial charge in [-0.2, -0.15) is 0 Å². The van der Waals surface area contributed by atoms with Gasteiger partial charge in [0.25, 0.3) is 0 Å². The maximum absolute atomic E-state index is 5.39. The van der Waals surface area contributed by atoms with Gasteiger partial charge in [0.05, 0.1) is 6.61 Å². The zero-order chi connectivity index (χ0) is 13.2. The first-order valence-electron chi connectivity index (χ1n) is 7.19. The van der Waals surface area contributed by atoms with Crippen molar-refractivity contribution >= 4 is 5.69 Å². The van der Waals surface area contributed by atoms with Crippen molar-refractivity contribution in [3.63, 3.8) is 0 Å². The van der Waals surface area contributed by atoms with Crippen LogP contribution in [0.15, 0.2) is 24.3 Å². The lowest BCUT2D eigenvalue weighted by atomic mass is 10.1. The summed E-state index contributed by atoms with van der Waals surface area (Å²) in [6.45, 7) is 7.95.